The van der Waals surface area contributed by atoms with Gasteiger partial charge in [-0.05, 0) is 44.2 Å². The SMILES string of the molecule is C[C@@H]1CCC[C@H](O[C@@H](C)C(=O)NC[C@@H]2CN(C(=O)c3ccccc3)[C@H]3CCN2C3)C1. The molecule has 2 bridgehead atoms. The molecule has 2 saturated heterocycles. The van der Waals surface area contributed by atoms with Crippen molar-refractivity contribution in [1.82, 2.24) is 15.1 Å². The van der Waals surface area contributed by atoms with Gasteiger partial charge in [-0.1, -0.05) is 38.0 Å². The molecule has 1 aromatic carbocycles. The third kappa shape index (κ3) is 4.86. The summed E-state index contributed by atoms with van der Waals surface area (Å²) in [7, 11) is 0. The van der Waals surface area contributed by atoms with Crippen molar-refractivity contribution >= 4 is 11.8 Å². The van der Waals surface area contributed by atoms with Gasteiger partial charge in [-0.2, -0.15) is 0 Å². The summed E-state index contributed by atoms with van der Waals surface area (Å²) in [5.74, 6) is 0.731. The molecule has 3 fully saturated rings. The molecule has 1 aromatic rings. The molecule has 164 valence electrons. The molecule has 6 nitrogen and oxygen atoms in total. The molecule has 1 unspecified atom stereocenters. The fourth-order valence-electron chi connectivity index (χ4n) is 5.25. The van der Waals surface area contributed by atoms with Crippen molar-refractivity contribution in [3.63, 3.8) is 0 Å². The molecule has 2 heterocycles. The lowest BCUT2D eigenvalue weighted by Gasteiger charge is -2.40. The molecule has 0 radical (unpaired) electrons. The van der Waals surface area contributed by atoms with Crippen LogP contribution in [0.4, 0.5) is 0 Å². The van der Waals surface area contributed by atoms with E-state index in [9.17, 15) is 9.59 Å². The molecular formula is C24H35N3O3. The Kier molecular flexibility index (Phi) is 6.74. The second kappa shape index (κ2) is 9.48. The van der Waals surface area contributed by atoms with Gasteiger partial charge in [0.25, 0.3) is 5.91 Å². The average molecular weight is 414 g/mol. The van der Waals surface area contributed by atoms with E-state index in [0.29, 0.717) is 19.0 Å². The smallest absolute Gasteiger partial charge is 0.254 e. The first kappa shape index (κ1) is 21.3. The Labute approximate surface area is 179 Å². The lowest BCUT2D eigenvalue weighted by molar-refractivity contribution is -0.137. The highest BCUT2D eigenvalue weighted by Crippen LogP contribution is 2.27. The van der Waals surface area contributed by atoms with E-state index in [0.717, 1.165) is 37.9 Å². The first-order valence-electron chi connectivity index (χ1n) is 11.5. The Balaban J connectivity index is 1.30. The topological polar surface area (TPSA) is 61.9 Å². The van der Waals surface area contributed by atoms with Crippen LogP contribution in [0, 0.1) is 5.92 Å². The summed E-state index contributed by atoms with van der Waals surface area (Å²) in [6.07, 6.45) is 5.31. The molecule has 2 aliphatic heterocycles. The predicted molar refractivity (Wildman–Crippen MR) is 116 cm³/mol. The quantitative estimate of drug-likeness (QED) is 0.779. The Morgan fingerprint density at radius 2 is 1.97 bits per heavy atom. The highest BCUT2D eigenvalue weighted by molar-refractivity contribution is 5.94. The first-order valence-corrected chi connectivity index (χ1v) is 11.5. The first-order chi connectivity index (χ1) is 14.5. The number of hydrogen-bond donors (Lipinski definition) is 1. The van der Waals surface area contributed by atoms with Crippen LogP contribution in [0.25, 0.3) is 0 Å². The number of nitrogens with zero attached hydrogens (tertiary/aromatic N) is 2. The van der Waals surface area contributed by atoms with E-state index in [4.69, 9.17) is 4.74 Å². The van der Waals surface area contributed by atoms with Gasteiger partial charge in [0.15, 0.2) is 0 Å². The van der Waals surface area contributed by atoms with E-state index in [-0.39, 0.29) is 30.0 Å². The van der Waals surface area contributed by atoms with E-state index >= 15 is 0 Å². The fraction of sp³-hybridized carbons (Fsp3) is 0.667. The fourth-order valence-corrected chi connectivity index (χ4v) is 5.25. The molecule has 4 rings (SSSR count). The van der Waals surface area contributed by atoms with Crippen molar-refractivity contribution in [3.8, 4) is 0 Å². The predicted octanol–water partition coefficient (Wildman–Crippen LogP) is 2.69. The van der Waals surface area contributed by atoms with Gasteiger partial charge < -0.3 is 15.0 Å². The van der Waals surface area contributed by atoms with Gasteiger partial charge in [-0.15, -0.1) is 0 Å². The van der Waals surface area contributed by atoms with Gasteiger partial charge in [0.05, 0.1) is 6.10 Å². The second-order valence-electron chi connectivity index (χ2n) is 9.33. The summed E-state index contributed by atoms with van der Waals surface area (Å²) in [4.78, 5) is 30.1. The zero-order chi connectivity index (χ0) is 21.1. The molecule has 1 aliphatic carbocycles. The Morgan fingerprint density at radius 3 is 2.73 bits per heavy atom. The van der Waals surface area contributed by atoms with Crippen molar-refractivity contribution < 1.29 is 14.3 Å². The Morgan fingerprint density at radius 1 is 1.17 bits per heavy atom. The molecule has 1 N–H and O–H groups in total. The summed E-state index contributed by atoms with van der Waals surface area (Å²) >= 11 is 0. The van der Waals surface area contributed by atoms with Gasteiger partial charge in [0.2, 0.25) is 5.91 Å². The van der Waals surface area contributed by atoms with Crippen LogP contribution in [-0.4, -0.2) is 72.1 Å². The van der Waals surface area contributed by atoms with Crippen LogP contribution < -0.4 is 5.32 Å². The van der Waals surface area contributed by atoms with E-state index in [1.54, 1.807) is 0 Å². The number of hydrogen-bond acceptors (Lipinski definition) is 4. The van der Waals surface area contributed by atoms with Gasteiger partial charge in [-0.25, -0.2) is 0 Å². The largest absolute Gasteiger partial charge is 0.365 e. The number of amides is 2. The molecule has 0 aromatic heterocycles. The maximum absolute atomic E-state index is 13.0. The van der Waals surface area contributed by atoms with Crippen LogP contribution in [0.1, 0.15) is 56.3 Å². The minimum absolute atomic E-state index is 0.0458. The number of rotatable bonds is 6. The van der Waals surface area contributed by atoms with Gasteiger partial charge >= 0.3 is 0 Å². The van der Waals surface area contributed by atoms with Crippen molar-refractivity contribution in [2.75, 3.05) is 26.2 Å². The van der Waals surface area contributed by atoms with Gasteiger partial charge in [0.1, 0.15) is 6.10 Å². The highest BCUT2D eigenvalue weighted by atomic mass is 16.5. The number of piperazine rings is 1. The normalized spacial score (nSPS) is 31.9. The number of ether oxygens (including phenoxy) is 1. The zero-order valence-corrected chi connectivity index (χ0v) is 18.3. The molecule has 2 amide bonds. The average Bonchev–Trinajstić information content (AvgIpc) is 3.17. The van der Waals surface area contributed by atoms with E-state index < -0.39 is 6.10 Å². The van der Waals surface area contributed by atoms with Crippen LogP contribution in [0.15, 0.2) is 30.3 Å². The minimum Gasteiger partial charge on any atom is -0.365 e. The minimum atomic E-state index is -0.433. The number of fused-ring (bicyclic) bond motifs is 2. The molecule has 6 atom stereocenters. The highest BCUT2D eigenvalue weighted by Gasteiger charge is 2.41. The lowest BCUT2D eigenvalue weighted by Crippen LogP contribution is -2.58. The van der Waals surface area contributed by atoms with Crippen LogP contribution in [0.3, 0.4) is 0 Å². The lowest BCUT2D eigenvalue weighted by atomic mass is 9.88. The summed E-state index contributed by atoms with van der Waals surface area (Å²) < 4.78 is 6.05. The van der Waals surface area contributed by atoms with Gasteiger partial charge in [-0.3, -0.25) is 14.5 Å². The third-order valence-corrected chi connectivity index (χ3v) is 7.01. The number of benzene rings is 1. The molecule has 6 heteroatoms. The molecule has 1 saturated carbocycles. The maximum Gasteiger partial charge on any atom is 0.254 e. The molecule has 30 heavy (non-hydrogen) atoms. The number of carbonyl (C=O) groups excluding carboxylic acids is 2. The standard InChI is InChI=1S/C24H35N3O3/c1-17-7-6-10-22(13-17)30-18(2)23(28)25-14-21-16-27(20-11-12-26(21)15-20)24(29)19-8-4-3-5-9-19/h3-5,8-9,17-18,20-22H,6-7,10-16H2,1-2H3,(H,25,28)/t17-,18+,20+,21-,22+/m1/s1. The summed E-state index contributed by atoms with van der Waals surface area (Å²) in [6, 6.07) is 9.94. The summed E-state index contributed by atoms with van der Waals surface area (Å²) in [5.41, 5.74) is 0.740. The molecule has 3 aliphatic rings. The second-order valence-corrected chi connectivity index (χ2v) is 9.33. The van der Waals surface area contributed by atoms with Crippen molar-refractivity contribution in [1.29, 1.82) is 0 Å². The van der Waals surface area contributed by atoms with Crippen molar-refractivity contribution in [2.24, 2.45) is 5.92 Å². The molecule has 0 spiro atoms. The summed E-state index contributed by atoms with van der Waals surface area (Å²) in [6.45, 7) is 7.20. The van der Waals surface area contributed by atoms with Crippen molar-refractivity contribution in [2.45, 2.75) is 70.2 Å². The van der Waals surface area contributed by atoms with Crippen LogP contribution >= 0.6 is 0 Å². The van der Waals surface area contributed by atoms with Crippen LogP contribution in [-0.2, 0) is 9.53 Å². The summed E-state index contributed by atoms with van der Waals surface area (Å²) in [5, 5.41) is 3.09. The monoisotopic (exact) mass is 413 g/mol. The number of nitrogens with one attached hydrogen (secondary N) is 1. The van der Waals surface area contributed by atoms with Crippen molar-refractivity contribution in [3.05, 3.63) is 35.9 Å². The van der Waals surface area contributed by atoms with E-state index in [1.165, 1.54) is 12.8 Å². The van der Waals surface area contributed by atoms with Gasteiger partial charge in [0, 0.05) is 43.8 Å². The van der Waals surface area contributed by atoms with Crippen LogP contribution in [0.5, 0.6) is 0 Å². The van der Waals surface area contributed by atoms with E-state index in [1.807, 2.05) is 42.2 Å². The third-order valence-electron chi connectivity index (χ3n) is 7.01. The molecular weight excluding hydrogens is 378 g/mol. The number of carbonyl (C=O) groups is 2. The van der Waals surface area contributed by atoms with Crippen LogP contribution in [0.2, 0.25) is 0 Å². The van der Waals surface area contributed by atoms with E-state index in [2.05, 4.69) is 17.1 Å². The zero-order valence-electron chi connectivity index (χ0n) is 18.3. The Hall–Kier alpha value is -1.92. The Bertz CT molecular complexity index is 740. The maximum atomic E-state index is 13.0.